The number of hydrogen-bond donors (Lipinski definition) is 0. The van der Waals surface area contributed by atoms with E-state index in [4.69, 9.17) is 39.5 Å². The second kappa shape index (κ2) is 6.14. The minimum absolute atomic E-state index is 0.145. The highest BCUT2D eigenvalue weighted by Gasteiger charge is 2.20. The summed E-state index contributed by atoms with van der Waals surface area (Å²) in [6.45, 7) is 1.66. The van der Waals surface area contributed by atoms with Gasteiger partial charge in [0.1, 0.15) is 10.8 Å². The topological polar surface area (TPSA) is 26.3 Å². The molecule has 1 unspecified atom stereocenters. The standard InChI is InChI=1S/C13H9Cl3O2S/c1-7(13(17)10-5-6-11(15)19-10)18-9-4-2-3-8(14)12(9)16/h2-7H,1H3. The Hall–Kier alpha value is -0.740. The first-order valence-electron chi connectivity index (χ1n) is 5.39. The van der Waals surface area contributed by atoms with Crippen LogP contribution in [0.1, 0.15) is 16.6 Å². The van der Waals surface area contributed by atoms with Gasteiger partial charge in [0.05, 0.1) is 14.2 Å². The first-order chi connectivity index (χ1) is 8.99. The zero-order valence-corrected chi connectivity index (χ0v) is 12.9. The molecule has 0 saturated carbocycles. The van der Waals surface area contributed by atoms with Gasteiger partial charge < -0.3 is 4.74 Å². The largest absolute Gasteiger partial charge is 0.481 e. The Kier molecular flexibility index (Phi) is 4.74. The van der Waals surface area contributed by atoms with Crippen molar-refractivity contribution in [3.63, 3.8) is 0 Å². The molecule has 0 aliphatic carbocycles. The monoisotopic (exact) mass is 334 g/mol. The molecule has 0 amide bonds. The van der Waals surface area contributed by atoms with Crippen molar-refractivity contribution >= 4 is 51.9 Å². The van der Waals surface area contributed by atoms with E-state index < -0.39 is 6.10 Å². The molecule has 1 atom stereocenters. The number of carbonyl (C=O) groups excluding carboxylic acids is 1. The molecular weight excluding hydrogens is 327 g/mol. The van der Waals surface area contributed by atoms with Crippen molar-refractivity contribution in [3.8, 4) is 5.75 Å². The molecular formula is C13H9Cl3O2S. The Labute approximate surface area is 129 Å². The molecule has 0 aliphatic heterocycles. The van der Waals surface area contributed by atoms with Crippen LogP contribution in [0.3, 0.4) is 0 Å². The van der Waals surface area contributed by atoms with E-state index in [1.54, 1.807) is 37.3 Å². The van der Waals surface area contributed by atoms with Gasteiger partial charge in [-0.2, -0.15) is 0 Å². The highest BCUT2D eigenvalue weighted by molar-refractivity contribution is 7.18. The molecule has 0 saturated heterocycles. The molecule has 0 spiro atoms. The molecule has 2 aromatic rings. The number of halogens is 3. The molecule has 0 bridgehead atoms. The third-order valence-electron chi connectivity index (χ3n) is 2.41. The summed E-state index contributed by atoms with van der Waals surface area (Å²) >= 11 is 18.9. The molecule has 2 nitrogen and oxygen atoms in total. The molecule has 0 N–H and O–H groups in total. The number of rotatable bonds is 4. The van der Waals surface area contributed by atoms with E-state index >= 15 is 0 Å². The van der Waals surface area contributed by atoms with Gasteiger partial charge >= 0.3 is 0 Å². The highest BCUT2D eigenvalue weighted by atomic mass is 35.5. The summed E-state index contributed by atoms with van der Waals surface area (Å²) < 4.78 is 6.12. The molecule has 0 radical (unpaired) electrons. The minimum Gasteiger partial charge on any atom is -0.481 e. The van der Waals surface area contributed by atoms with Crippen LogP contribution in [0.2, 0.25) is 14.4 Å². The SMILES string of the molecule is CC(Oc1cccc(Cl)c1Cl)C(=O)c1ccc(Cl)s1. The first-order valence-corrected chi connectivity index (χ1v) is 7.34. The average Bonchev–Trinajstić information content (AvgIpc) is 2.80. The summed E-state index contributed by atoms with van der Waals surface area (Å²) in [6.07, 6.45) is -0.661. The van der Waals surface area contributed by atoms with Crippen LogP contribution < -0.4 is 4.74 Å². The predicted molar refractivity (Wildman–Crippen MR) is 80.2 cm³/mol. The van der Waals surface area contributed by atoms with Gasteiger partial charge in [-0.15, -0.1) is 11.3 Å². The van der Waals surface area contributed by atoms with E-state index in [2.05, 4.69) is 0 Å². The van der Waals surface area contributed by atoms with Gasteiger partial charge in [0.15, 0.2) is 6.10 Å². The first kappa shape index (κ1) is 14.7. The zero-order valence-electron chi connectivity index (χ0n) is 9.82. The van der Waals surface area contributed by atoms with Crippen molar-refractivity contribution in [1.82, 2.24) is 0 Å². The summed E-state index contributed by atoms with van der Waals surface area (Å²) in [5, 5.41) is 0.686. The lowest BCUT2D eigenvalue weighted by Crippen LogP contribution is -2.23. The number of thiophene rings is 1. The van der Waals surface area contributed by atoms with Gasteiger partial charge in [0.2, 0.25) is 5.78 Å². The predicted octanol–water partition coefficient (Wildman–Crippen LogP) is 5.36. The van der Waals surface area contributed by atoms with Gasteiger partial charge in [-0.25, -0.2) is 0 Å². The maximum atomic E-state index is 12.1. The summed E-state index contributed by atoms with van der Waals surface area (Å²) in [5.41, 5.74) is 0. The number of carbonyl (C=O) groups is 1. The van der Waals surface area contributed by atoms with Crippen LogP contribution in [-0.4, -0.2) is 11.9 Å². The fourth-order valence-electron chi connectivity index (χ4n) is 1.47. The lowest BCUT2D eigenvalue weighted by Gasteiger charge is -2.14. The number of hydrogen-bond acceptors (Lipinski definition) is 3. The number of ketones is 1. The Morgan fingerprint density at radius 2 is 1.95 bits per heavy atom. The van der Waals surface area contributed by atoms with E-state index in [-0.39, 0.29) is 5.78 Å². The van der Waals surface area contributed by atoms with Crippen molar-refractivity contribution < 1.29 is 9.53 Å². The van der Waals surface area contributed by atoms with Crippen molar-refractivity contribution in [2.75, 3.05) is 0 Å². The molecule has 0 fully saturated rings. The molecule has 19 heavy (non-hydrogen) atoms. The van der Waals surface area contributed by atoms with E-state index in [0.717, 1.165) is 0 Å². The highest BCUT2D eigenvalue weighted by Crippen LogP contribution is 2.32. The fourth-order valence-corrected chi connectivity index (χ4v) is 2.86. The van der Waals surface area contributed by atoms with Crippen LogP contribution >= 0.6 is 46.1 Å². The summed E-state index contributed by atoms with van der Waals surface area (Å²) in [6, 6.07) is 8.39. The molecule has 2 rings (SSSR count). The van der Waals surface area contributed by atoms with E-state index in [0.29, 0.717) is 25.0 Å². The fraction of sp³-hybridized carbons (Fsp3) is 0.154. The Bertz CT molecular complexity index is 610. The van der Waals surface area contributed by atoms with E-state index in [9.17, 15) is 4.79 Å². The normalized spacial score (nSPS) is 12.2. The quantitative estimate of drug-likeness (QED) is 0.703. The molecule has 6 heteroatoms. The summed E-state index contributed by atoms with van der Waals surface area (Å²) in [4.78, 5) is 12.7. The van der Waals surface area contributed by atoms with Crippen molar-refractivity contribution in [3.05, 3.63) is 49.6 Å². The summed E-state index contributed by atoms with van der Waals surface area (Å²) in [7, 11) is 0. The minimum atomic E-state index is -0.661. The average molecular weight is 336 g/mol. The molecule has 0 aliphatic rings. The van der Waals surface area contributed by atoms with E-state index in [1.165, 1.54) is 11.3 Å². The second-order valence-corrected chi connectivity index (χ2v) is 6.28. The van der Waals surface area contributed by atoms with Crippen molar-refractivity contribution in [2.24, 2.45) is 0 Å². The molecule has 1 aromatic carbocycles. The van der Waals surface area contributed by atoms with Crippen LogP contribution in [-0.2, 0) is 0 Å². The van der Waals surface area contributed by atoms with Gasteiger partial charge in [0.25, 0.3) is 0 Å². The third kappa shape index (κ3) is 3.42. The lowest BCUT2D eigenvalue weighted by molar-refractivity contribution is 0.0822. The maximum Gasteiger partial charge on any atom is 0.212 e. The smallest absolute Gasteiger partial charge is 0.212 e. The number of Topliss-reactive ketones (excluding diaryl/α,β-unsaturated/α-hetero) is 1. The summed E-state index contributed by atoms with van der Waals surface area (Å²) in [5.74, 6) is 0.241. The van der Waals surface area contributed by atoms with Gasteiger partial charge in [-0.3, -0.25) is 4.79 Å². The van der Waals surface area contributed by atoms with Crippen LogP contribution in [0.25, 0.3) is 0 Å². The zero-order chi connectivity index (χ0) is 14.0. The van der Waals surface area contributed by atoms with Gasteiger partial charge in [-0.1, -0.05) is 40.9 Å². The lowest BCUT2D eigenvalue weighted by atomic mass is 10.2. The van der Waals surface area contributed by atoms with E-state index in [1.807, 2.05) is 0 Å². The third-order valence-corrected chi connectivity index (χ3v) is 4.45. The molecule has 100 valence electrons. The number of benzene rings is 1. The Morgan fingerprint density at radius 1 is 1.21 bits per heavy atom. The van der Waals surface area contributed by atoms with Gasteiger partial charge in [0, 0.05) is 0 Å². The van der Waals surface area contributed by atoms with Crippen LogP contribution in [0, 0.1) is 0 Å². The van der Waals surface area contributed by atoms with Gasteiger partial charge in [-0.05, 0) is 31.2 Å². The van der Waals surface area contributed by atoms with Crippen molar-refractivity contribution in [2.45, 2.75) is 13.0 Å². The van der Waals surface area contributed by atoms with Crippen molar-refractivity contribution in [1.29, 1.82) is 0 Å². The second-order valence-electron chi connectivity index (χ2n) is 3.78. The number of ether oxygens (including phenoxy) is 1. The molecule has 1 heterocycles. The maximum absolute atomic E-state index is 12.1. The van der Waals surface area contributed by atoms with Crippen LogP contribution in [0.5, 0.6) is 5.75 Å². The molecule has 1 aromatic heterocycles. The Morgan fingerprint density at radius 3 is 2.58 bits per heavy atom. The van der Waals surface area contributed by atoms with Crippen LogP contribution in [0.4, 0.5) is 0 Å². The Balaban J connectivity index is 2.15. The van der Waals surface area contributed by atoms with Crippen LogP contribution in [0.15, 0.2) is 30.3 Å².